The number of rotatable bonds is 5. The Hall–Kier alpha value is -0.380. The van der Waals surface area contributed by atoms with Crippen LogP contribution in [0.5, 0.6) is 0 Å². The van der Waals surface area contributed by atoms with Crippen LogP contribution in [0.1, 0.15) is 4.88 Å². The van der Waals surface area contributed by atoms with Gasteiger partial charge < -0.3 is 9.47 Å². The quantitative estimate of drug-likeness (QED) is 0.513. The van der Waals surface area contributed by atoms with Crippen molar-refractivity contribution >= 4 is 11.3 Å². The molecule has 1 aromatic heterocycles. The van der Waals surface area contributed by atoms with E-state index >= 15 is 0 Å². The summed E-state index contributed by atoms with van der Waals surface area (Å²) in [7, 11) is 0. The van der Waals surface area contributed by atoms with Crippen molar-refractivity contribution in [2.45, 2.75) is 12.5 Å². The Kier molecular flexibility index (Phi) is 2.76. The highest BCUT2D eigenvalue weighted by molar-refractivity contribution is 7.09. The average molecular weight is 184 g/mol. The molecule has 1 unspecified atom stereocenters. The van der Waals surface area contributed by atoms with Crippen molar-refractivity contribution < 1.29 is 9.47 Å². The first-order valence-corrected chi connectivity index (χ1v) is 5.05. The van der Waals surface area contributed by atoms with Gasteiger partial charge in [-0.05, 0) is 11.4 Å². The second-order valence-corrected chi connectivity index (χ2v) is 3.89. The van der Waals surface area contributed by atoms with Gasteiger partial charge >= 0.3 is 0 Å². The summed E-state index contributed by atoms with van der Waals surface area (Å²) in [5.41, 5.74) is 0. The van der Waals surface area contributed by atoms with Crippen LogP contribution in [-0.2, 0) is 15.9 Å². The summed E-state index contributed by atoms with van der Waals surface area (Å²) in [4.78, 5) is 1.40. The lowest BCUT2D eigenvalue weighted by Crippen LogP contribution is -2.03. The first-order valence-electron chi connectivity index (χ1n) is 4.17. The van der Waals surface area contributed by atoms with Crippen LogP contribution in [0.2, 0.25) is 0 Å². The summed E-state index contributed by atoms with van der Waals surface area (Å²) >= 11 is 1.79. The third kappa shape index (κ3) is 2.59. The molecule has 1 fully saturated rings. The standard InChI is InChI=1S/C9H12O2S/c1-2-9(12-5-1)3-4-10-6-8-7-11-8/h1-2,5,8H,3-4,6-7H2. The Labute approximate surface area is 76.1 Å². The van der Waals surface area contributed by atoms with Crippen molar-refractivity contribution in [3.8, 4) is 0 Å². The highest BCUT2D eigenvalue weighted by Crippen LogP contribution is 2.11. The van der Waals surface area contributed by atoms with Gasteiger partial charge in [0.2, 0.25) is 0 Å². The Morgan fingerprint density at radius 1 is 1.67 bits per heavy atom. The molecular formula is C9H12O2S. The zero-order chi connectivity index (χ0) is 8.23. The van der Waals surface area contributed by atoms with Crippen LogP contribution in [0, 0.1) is 0 Å². The fourth-order valence-corrected chi connectivity index (χ4v) is 1.70. The molecule has 2 heterocycles. The van der Waals surface area contributed by atoms with Crippen molar-refractivity contribution in [2.75, 3.05) is 19.8 Å². The zero-order valence-electron chi connectivity index (χ0n) is 6.86. The first kappa shape index (κ1) is 8.23. The third-order valence-corrected chi connectivity index (χ3v) is 2.72. The molecule has 1 aromatic rings. The van der Waals surface area contributed by atoms with E-state index < -0.39 is 0 Å². The number of hydrogen-bond donors (Lipinski definition) is 0. The molecule has 0 radical (unpaired) electrons. The van der Waals surface area contributed by atoms with E-state index in [9.17, 15) is 0 Å². The molecule has 0 spiro atoms. The van der Waals surface area contributed by atoms with E-state index in [1.807, 2.05) is 0 Å². The van der Waals surface area contributed by atoms with Crippen molar-refractivity contribution in [1.82, 2.24) is 0 Å². The van der Waals surface area contributed by atoms with Crippen molar-refractivity contribution in [3.63, 3.8) is 0 Å². The van der Waals surface area contributed by atoms with Crippen LogP contribution in [0.15, 0.2) is 17.5 Å². The minimum atomic E-state index is 0.397. The molecular weight excluding hydrogens is 172 g/mol. The average Bonchev–Trinajstić information content (AvgIpc) is 2.76. The molecule has 2 nitrogen and oxygen atoms in total. The normalized spacial score (nSPS) is 21.2. The van der Waals surface area contributed by atoms with Crippen LogP contribution in [0.4, 0.5) is 0 Å². The molecule has 12 heavy (non-hydrogen) atoms. The number of thiophene rings is 1. The number of epoxide rings is 1. The molecule has 3 heteroatoms. The minimum Gasteiger partial charge on any atom is -0.378 e. The Balaban J connectivity index is 1.56. The van der Waals surface area contributed by atoms with Gasteiger partial charge in [-0.3, -0.25) is 0 Å². The van der Waals surface area contributed by atoms with Gasteiger partial charge in [-0.15, -0.1) is 11.3 Å². The van der Waals surface area contributed by atoms with E-state index in [0.29, 0.717) is 6.10 Å². The molecule has 0 amide bonds. The summed E-state index contributed by atoms with van der Waals surface area (Å²) in [5.74, 6) is 0. The summed E-state index contributed by atoms with van der Waals surface area (Å²) < 4.78 is 10.4. The minimum absolute atomic E-state index is 0.397. The number of hydrogen-bond acceptors (Lipinski definition) is 3. The van der Waals surface area contributed by atoms with Gasteiger partial charge in [-0.2, -0.15) is 0 Å². The van der Waals surface area contributed by atoms with Gasteiger partial charge in [0.15, 0.2) is 0 Å². The number of ether oxygens (including phenoxy) is 2. The second-order valence-electron chi connectivity index (χ2n) is 2.86. The summed E-state index contributed by atoms with van der Waals surface area (Å²) in [6, 6.07) is 4.21. The fourth-order valence-electron chi connectivity index (χ4n) is 1.01. The lowest BCUT2D eigenvalue weighted by Gasteiger charge is -1.99. The third-order valence-electron chi connectivity index (χ3n) is 1.78. The van der Waals surface area contributed by atoms with Crippen LogP contribution in [0.3, 0.4) is 0 Å². The van der Waals surface area contributed by atoms with E-state index in [-0.39, 0.29) is 0 Å². The molecule has 1 saturated heterocycles. The lowest BCUT2D eigenvalue weighted by molar-refractivity contribution is 0.119. The largest absolute Gasteiger partial charge is 0.378 e. The maximum atomic E-state index is 5.41. The van der Waals surface area contributed by atoms with E-state index in [2.05, 4.69) is 17.5 Å². The van der Waals surface area contributed by atoms with Crippen molar-refractivity contribution in [1.29, 1.82) is 0 Å². The zero-order valence-corrected chi connectivity index (χ0v) is 7.68. The molecule has 2 rings (SSSR count). The predicted octanol–water partition coefficient (Wildman–Crippen LogP) is 1.71. The first-order chi connectivity index (χ1) is 5.95. The van der Waals surface area contributed by atoms with Gasteiger partial charge in [0.1, 0.15) is 6.10 Å². The van der Waals surface area contributed by atoms with Gasteiger partial charge in [0.05, 0.1) is 19.8 Å². The molecule has 1 aliphatic heterocycles. The Bertz CT molecular complexity index is 216. The lowest BCUT2D eigenvalue weighted by atomic mass is 10.4. The van der Waals surface area contributed by atoms with Gasteiger partial charge in [0.25, 0.3) is 0 Å². The highest BCUT2D eigenvalue weighted by atomic mass is 32.1. The molecule has 0 aliphatic carbocycles. The van der Waals surface area contributed by atoms with Gasteiger partial charge in [0, 0.05) is 11.3 Å². The van der Waals surface area contributed by atoms with Crippen molar-refractivity contribution in [3.05, 3.63) is 22.4 Å². The molecule has 1 atom stereocenters. The molecule has 1 aliphatic rings. The maximum absolute atomic E-state index is 5.41. The SMILES string of the molecule is c1csc(CCOCC2CO2)c1. The van der Waals surface area contributed by atoms with Crippen molar-refractivity contribution in [2.24, 2.45) is 0 Å². The fraction of sp³-hybridized carbons (Fsp3) is 0.556. The summed E-state index contributed by atoms with van der Waals surface area (Å²) in [5, 5.41) is 2.10. The maximum Gasteiger partial charge on any atom is 0.104 e. The smallest absolute Gasteiger partial charge is 0.104 e. The van der Waals surface area contributed by atoms with E-state index in [4.69, 9.17) is 9.47 Å². The van der Waals surface area contributed by atoms with Crippen LogP contribution >= 0.6 is 11.3 Å². The Morgan fingerprint density at radius 3 is 3.25 bits per heavy atom. The van der Waals surface area contributed by atoms with E-state index in [1.165, 1.54) is 4.88 Å². The second kappa shape index (κ2) is 4.03. The van der Waals surface area contributed by atoms with Gasteiger partial charge in [-0.1, -0.05) is 6.07 Å². The molecule has 0 aromatic carbocycles. The summed E-state index contributed by atoms with van der Waals surface area (Å²) in [6.07, 6.45) is 1.43. The van der Waals surface area contributed by atoms with Crippen LogP contribution < -0.4 is 0 Å². The molecule has 0 N–H and O–H groups in total. The molecule has 66 valence electrons. The Morgan fingerprint density at radius 2 is 2.58 bits per heavy atom. The van der Waals surface area contributed by atoms with E-state index in [0.717, 1.165) is 26.2 Å². The topological polar surface area (TPSA) is 21.8 Å². The predicted molar refractivity (Wildman–Crippen MR) is 48.6 cm³/mol. The molecule has 0 saturated carbocycles. The highest BCUT2D eigenvalue weighted by Gasteiger charge is 2.21. The molecule has 0 bridgehead atoms. The summed E-state index contributed by atoms with van der Waals surface area (Å²) in [6.45, 7) is 2.48. The monoisotopic (exact) mass is 184 g/mol. The van der Waals surface area contributed by atoms with Crippen LogP contribution in [-0.4, -0.2) is 25.9 Å². The van der Waals surface area contributed by atoms with Crippen LogP contribution in [0.25, 0.3) is 0 Å². The van der Waals surface area contributed by atoms with Gasteiger partial charge in [-0.25, -0.2) is 0 Å². The van der Waals surface area contributed by atoms with E-state index in [1.54, 1.807) is 11.3 Å².